The predicted octanol–water partition coefficient (Wildman–Crippen LogP) is 3.93. The van der Waals surface area contributed by atoms with Crippen LogP contribution in [0.25, 0.3) is 6.08 Å². The standard InChI is InChI=1S/C25H23BrN2O7S/c1-2-34-19-9-17(18(26)11-20(19)35-14-23(30)31)10-21-24(32)28(25(33)36-21)13-22(29)27-8-7-15-5-3-4-6-16(15)12-27/h3-6,9-11H,2,7-8,12-14H2,1H3,(H,30,31)/b21-10-. The fourth-order valence-electron chi connectivity index (χ4n) is 3.90. The van der Waals surface area contributed by atoms with E-state index in [-0.39, 0.29) is 23.1 Å². The molecule has 3 amide bonds. The Morgan fingerprint density at radius 3 is 2.58 bits per heavy atom. The lowest BCUT2D eigenvalue weighted by atomic mass is 10.00. The van der Waals surface area contributed by atoms with Crippen LogP contribution in [-0.2, 0) is 27.3 Å². The van der Waals surface area contributed by atoms with E-state index in [9.17, 15) is 19.2 Å². The maximum atomic E-state index is 13.0. The topological polar surface area (TPSA) is 113 Å². The summed E-state index contributed by atoms with van der Waals surface area (Å²) in [6, 6.07) is 11.0. The first-order valence-electron chi connectivity index (χ1n) is 11.2. The van der Waals surface area contributed by atoms with E-state index in [1.165, 1.54) is 11.6 Å². The maximum absolute atomic E-state index is 13.0. The molecule has 0 aliphatic carbocycles. The molecule has 2 aliphatic heterocycles. The van der Waals surface area contributed by atoms with Gasteiger partial charge in [-0.25, -0.2) is 4.79 Å². The van der Waals surface area contributed by atoms with E-state index in [0.29, 0.717) is 35.5 Å². The van der Waals surface area contributed by atoms with Gasteiger partial charge in [-0.2, -0.15) is 0 Å². The van der Waals surface area contributed by atoms with Crippen LogP contribution in [0, 0.1) is 0 Å². The van der Waals surface area contributed by atoms with Crippen LogP contribution in [0.5, 0.6) is 11.5 Å². The lowest BCUT2D eigenvalue weighted by molar-refractivity contribution is -0.139. The Balaban J connectivity index is 1.49. The third-order valence-corrected chi connectivity index (χ3v) is 7.25. The number of carboxylic acid groups (broad SMARTS) is 1. The van der Waals surface area contributed by atoms with E-state index >= 15 is 0 Å². The van der Waals surface area contributed by atoms with Gasteiger partial charge in [0.1, 0.15) is 6.54 Å². The Morgan fingerprint density at radius 1 is 1.14 bits per heavy atom. The van der Waals surface area contributed by atoms with E-state index < -0.39 is 23.7 Å². The second kappa shape index (κ2) is 11.2. The van der Waals surface area contributed by atoms with E-state index in [1.54, 1.807) is 24.0 Å². The smallest absolute Gasteiger partial charge is 0.341 e. The molecule has 36 heavy (non-hydrogen) atoms. The lowest BCUT2D eigenvalue weighted by Crippen LogP contribution is -2.44. The van der Waals surface area contributed by atoms with Crippen molar-refractivity contribution in [2.75, 3.05) is 26.3 Å². The first kappa shape index (κ1) is 25.8. The number of imide groups is 1. The maximum Gasteiger partial charge on any atom is 0.341 e. The molecule has 9 nitrogen and oxygen atoms in total. The Morgan fingerprint density at radius 2 is 1.86 bits per heavy atom. The van der Waals surface area contributed by atoms with Gasteiger partial charge in [-0.15, -0.1) is 0 Å². The average molecular weight is 575 g/mol. The number of hydrogen-bond acceptors (Lipinski definition) is 7. The molecule has 188 valence electrons. The van der Waals surface area contributed by atoms with Gasteiger partial charge >= 0.3 is 5.97 Å². The number of hydrogen-bond donors (Lipinski definition) is 1. The van der Waals surface area contributed by atoms with Gasteiger partial charge in [0, 0.05) is 17.6 Å². The van der Waals surface area contributed by atoms with Gasteiger partial charge in [-0.05, 0) is 60.0 Å². The number of carbonyl (C=O) groups is 4. The van der Waals surface area contributed by atoms with E-state index in [1.807, 2.05) is 24.3 Å². The number of nitrogens with zero attached hydrogens (tertiary/aromatic N) is 2. The second-order valence-electron chi connectivity index (χ2n) is 8.04. The van der Waals surface area contributed by atoms with Crippen molar-refractivity contribution < 1.29 is 33.8 Å². The van der Waals surface area contributed by atoms with Crippen LogP contribution in [0.1, 0.15) is 23.6 Å². The SMILES string of the molecule is CCOc1cc(/C=C2\SC(=O)N(CC(=O)N3CCc4ccccc4C3)C2=O)c(Br)cc1OCC(=O)O. The molecule has 0 bridgehead atoms. The van der Waals surface area contributed by atoms with Crippen LogP contribution in [0.2, 0.25) is 0 Å². The number of amides is 3. The summed E-state index contributed by atoms with van der Waals surface area (Å²) in [5.41, 5.74) is 2.80. The van der Waals surface area contributed by atoms with E-state index in [0.717, 1.165) is 28.6 Å². The summed E-state index contributed by atoms with van der Waals surface area (Å²) < 4.78 is 11.4. The van der Waals surface area contributed by atoms with Crippen molar-refractivity contribution in [3.8, 4) is 11.5 Å². The number of carbonyl (C=O) groups excluding carboxylic acids is 3. The minimum absolute atomic E-state index is 0.166. The normalized spacial score (nSPS) is 16.3. The molecule has 0 saturated carbocycles. The van der Waals surface area contributed by atoms with Crippen molar-refractivity contribution in [3.63, 3.8) is 0 Å². The van der Waals surface area contributed by atoms with Crippen LogP contribution >= 0.6 is 27.7 Å². The Kier molecular flexibility index (Phi) is 8.00. The van der Waals surface area contributed by atoms with Gasteiger partial charge in [0.25, 0.3) is 11.1 Å². The van der Waals surface area contributed by atoms with Crippen LogP contribution in [-0.4, -0.2) is 64.2 Å². The minimum Gasteiger partial charge on any atom is -0.490 e. The van der Waals surface area contributed by atoms with Crippen LogP contribution in [0.4, 0.5) is 4.79 Å². The number of rotatable bonds is 8. The molecule has 2 aromatic rings. The number of ether oxygens (including phenoxy) is 2. The molecule has 0 radical (unpaired) electrons. The molecule has 1 saturated heterocycles. The van der Waals surface area contributed by atoms with Crippen molar-refractivity contribution in [3.05, 3.63) is 62.5 Å². The second-order valence-corrected chi connectivity index (χ2v) is 9.89. The molecule has 2 aliphatic rings. The molecular weight excluding hydrogens is 552 g/mol. The summed E-state index contributed by atoms with van der Waals surface area (Å²) in [6.45, 7) is 2.20. The highest BCUT2D eigenvalue weighted by atomic mass is 79.9. The van der Waals surface area contributed by atoms with E-state index in [4.69, 9.17) is 14.6 Å². The van der Waals surface area contributed by atoms with Crippen molar-refractivity contribution >= 4 is 56.8 Å². The fourth-order valence-corrected chi connectivity index (χ4v) is 5.17. The summed E-state index contributed by atoms with van der Waals surface area (Å²) in [7, 11) is 0. The predicted molar refractivity (Wildman–Crippen MR) is 137 cm³/mol. The fraction of sp³-hybridized carbons (Fsp3) is 0.280. The van der Waals surface area contributed by atoms with Gasteiger partial charge in [0.15, 0.2) is 18.1 Å². The number of carboxylic acids is 1. The number of aliphatic carboxylic acids is 1. The molecule has 11 heteroatoms. The summed E-state index contributed by atoms with van der Waals surface area (Å²) in [6.07, 6.45) is 2.26. The van der Waals surface area contributed by atoms with Gasteiger partial charge in [-0.1, -0.05) is 40.2 Å². The molecular formula is C25H23BrN2O7S. The number of halogens is 1. The van der Waals surface area contributed by atoms with Crippen molar-refractivity contribution in [1.82, 2.24) is 9.80 Å². The van der Waals surface area contributed by atoms with Crippen molar-refractivity contribution in [2.45, 2.75) is 19.9 Å². The Labute approximate surface area is 220 Å². The number of benzene rings is 2. The van der Waals surface area contributed by atoms with Crippen LogP contribution in [0.3, 0.4) is 0 Å². The highest BCUT2D eigenvalue weighted by Gasteiger charge is 2.37. The molecule has 1 fully saturated rings. The number of fused-ring (bicyclic) bond motifs is 1. The molecule has 4 rings (SSSR count). The first-order chi connectivity index (χ1) is 17.3. The Bertz CT molecular complexity index is 1260. The van der Waals surface area contributed by atoms with Gasteiger partial charge < -0.3 is 19.5 Å². The highest BCUT2D eigenvalue weighted by Crippen LogP contribution is 2.38. The summed E-state index contributed by atoms with van der Waals surface area (Å²) >= 11 is 4.15. The molecule has 1 N–H and O–H groups in total. The average Bonchev–Trinajstić information content (AvgIpc) is 3.11. The molecule has 2 aromatic carbocycles. The molecule has 2 heterocycles. The third kappa shape index (κ3) is 5.73. The van der Waals surface area contributed by atoms with Gasteiger partial charge in [0.2, 0.25) is 5.91 Å². The molecule has 0 atom stereocenters. The highest BCUT2D eigenvalue weighted by molar-refractivity contribution is 9.10. The van der Waals surface area contributed by atoms with Gasteiger partial charge in [0.05, 0.1) is 11.5 Å². The monoisotopic (exact) mass is 574 g/mol. The Hall–Kier alpha value is -3.31. The molecule has 0 unspecified atom stereocenters. The first-order valence-corrected chi connectivity index (χ1v) is 12.8. The zero-order chi connectivity index (χ0) is 25.8. The van der Waals surface area contributed by atoms with Crippen LogP contribution < -0.4 is 9.47 Å². The lowest BCUT2D eigenvalue weighted by Gasteiger charge is -2.29. The zero-order valence-electron chi connectivity index (χ0n) is 19.4. The third-order valence-electron chi connectivity index (χ3n) is 5.65. The summed E-state index contributed by atoms with van der Waals surface area (Å²) in [5, 5.41) is 8.37. The molecule has 0 aromatic heterocycles. The van der Waals surface area contributed by atoms with Crippen molar-refractivity contribution in [2.24, 2.45) is 0 Å². The van der Waals surface area contributed by atoms with Gasteiger partial charge in [-0.3, -0.25) is 19.3 Å². The van der Waals surface area contributed by atoms with E-state index in [2.05, 4.69) is 15.9 Å². The molecule has 0 spiro atoms. The summed E-state index contributed by atoms with van der Waals surface area (Å²) in [4.78, 5) is 52.2. The quantitative estimate of drug-likeness (QED) is 0.472. The summed E-state index contributed by atoms with van der Waals surface area (Å²) in [5.74, 6) is -1.44. The van der Waals surface area contributed by atoms with Crippen LogP contribution in [0.15, 0.2) is 45.8 Å². The number of thioether (sulfide) groups is 1. The van der Waals surface area contributed by atoms with Crippen molar-refractivity contribution in [1.29, 1.82) is 0 Å². The minimum atomic E-state index is -1.13. The largest absolute Gasteiger partial charge is 0.490 e. The zero-order valence-corrected chi connectivity index (χ0v) is 21.8.